The number of nitro groups is 2. The molecule has 26 heavy (non-hydrogen) atoms. The number of hydrogen-bond donors (Lipinski definition) is 3. The third-order valence-electron chi connectivity index (χ3n) is 4.23. The number of non-ortho nitro benzene ring substituents is 1. The third-order valence-corrected chi connectivity index (χ3v) is 4.23. The van der Waals surface area contributed by atoms with Crippen molar-refractivity contribution in [1.29, 1.82) is 0 Å². The lowest BCUT2D eigenvalue weighted by Crippen LogP contribution is -2.37. The first kappa shape index (κ1) is 20.0. The lowest BCUT2D eigenvalue weighted by atomic mass is 10.2. The first-order valence-electron chi connectivity index (χ1n) is 8.89. The molecule has 1 aliphatic heterocycles. The number of nitrogens with one attached hydrogen (secondary N) is 3. The van der Waals surface area contributed by atoms with E-state index in [1.54, 1.807) is 0 Å². The second kappa shape index (κ2) is 10.6. The van der Waals surface area contributed by atoms with E-state index in [2.05, 4.69) is 16.0 Å². The van der Waals surface area contributed by atoms with E-state index >= 15 is 0 Å². The Hall–Kier alpha value is -2.30. The number of benzene rings is 1. The highest BCUT2D eigenvalue weighted by molar-refractivity contribution is 5.66. The van der Waals surface area contributed by atoms with Crippen molar-refractivity contribution in [1.82, 2.24) is 16.0 Å². The van der Waals surface area contributed by atoms with Gasteiger partial charge in [-0.2, -0.15) is 0 Å². The summed E-state index contributed by atoms with van der Waals surface area (Å²) in [5.74, 6) is 0. The van der Waals surface area contributed by atoms with Crippen molar-refractivity contribution in [2.75, 3.05) is 57.3 Å². The zero-order valence-corrected chi connectivity index (χ0v) is 14.8. The summed E-state index contributed by atoms with van der Waals surface area (Å²) in [5.41, 5.74) is -0.0662. The van der Waals surface area contributed by atoms with E-state index < -0.39 is 9.85 Å². The van der Waals surface area contributed by atoms with E-state index in [-0.39, 0.29) is 11.4 Å². The van der Waals surface area contributed by atoms with Gasteiger partial charge in [0.15, 0.2) is 0 Å². The van der Waals surface area contributed by atoms with Gasteiger partial charge in [0.05, 0.1) is 15.9 Å². The number of hydrogen-bond acceptors (Lipinski definition) is 8. The fourth-order valence-electron chi connectivity index (χ4n) is 2.89. The van der Waals surface area contributed by atoms with Gasteiger partial charge in [-0.25, -0.2) is 0 Å². The molecule has 10 heteroatoms. The van der Waals surface area contributed by atoms with Gasteiger partial charge in [-0.3, -0.25) is 20.2 Å². The summed E-state index contributed by atoms with van der Waals surface area (Å²) < 4.78 is 0. The van der Waals surface area contributed by atoms with E-state index in [1.165, 1.54) is 12.1 Å². The van der Waals surface area contributed by atoms with Gasteiger partial charge in [0, 0.05) is 38.8 Å². The van der Waals surface area contributed by atoms with Crippen LogP contribution in [0.4, 0.5) is 17.1 Å². The van der Waals surface area contributed by atoms with Crippen LogP contribution < -0.4 is 20.9 Å². The summed E-state index contributed by atoms with van der Waals surface area (Å²) in [6, 6.07) is 3.85. The average molecular weight is 366 g/mol. The molecular weight excluding hydrogens is 340 g/mol. The molecule has 0 saturated carbocycles. The van der Waals surface area contributed by atoms with Crippen molar-refractivity contribution in [2.24, 2.45) is 0 Å². The standard InChI is InChI=1S/C16H26N6O4/c23-21(24)14-3-4-15(16(13-14)22(25)26)20-11-2-7-18-9-8-17-5-1-6-19-10-12-20/h3-4,13,17-19H,1-2,5-12H2. The lowest BCUT2D eigenvalue weighted by Gasteiger charge is -2.25. The molecule has 0 spiro atoms. The second-order valence-electron chi connectivity index (χ2n) is 6.13. The molecular formula is C16H26N6O4. The Bertz CT molecular complexity index is 598. The van der Waals surface area contributed by atoms with Crippen LogP contribution in [0.25, 0.3) is 0 Å². The minimum atomic E-state index is -0.612. The number of nitrogens with zero attached hydrogens (tertiary/aromatic N) is 3. The molecule has 0 aromatic heterocycles. The smallest absolute Gasteiger partial charge is 0.299 e. The minimum absolute atomic E-state index is 0.225. The molecule has 0 bridgehead atoms. The normalized spacial score (nSPS) is 18.1. The highest BCUT2D eigenvalue weighted by Gasteiger charge is 2.23. The topological polar surface area (TPSA) is 126 Å². The summed E-state index contributed by atoms with van der Waals surface area (Å²) >= 11 is 0. The molecule has 10 nitrogen and oxygen atoms in total. The maximum absolute atomic E-state index is 11.4. The van der Waals surface area contributed by atoms with Crippen LogP contribution in [0.5, 0.6) is 0 Å². The van der Waals surface area contributed by atoms with Crippen molar-refractivity contribution in [3.8, 4) is 0 Å². The minimum Gasteiger partial charge on any atom is -0.365 e. The third kappa shape index (κ3) is 6.21. The van der Waals surface area contributed by atoms with E-state index in [4.69, 9.17) is 0 Å². The van der Waals surface area contributed by atoms with Crippen molar-refractivity contribution in [3.63, 3.8) is 0 Å². The van der Waals surface area contributed by atoms with Crippen LogP contribution in [-0.2, 0) is 0 Å². The monoisotopic (exact) mass is 366 g/mol. The number of rotatable bonds is 3. The molecule has 1 saturated heterocycles. The second-order valence-corrected chi connectivity index (χ2v) is 6.13. The highest BCUT2D eigenvalue weighted by Crippen LogP contribution is 2.32. The van der Waals surface area contributed by atoms with Crippen molar-refractivity contribution in [2.45, 2.75) is 12.8 Å². The van der Waals surface area contributed by atoms with E-state index in [9.17, 15) is 20.2 Å². The lowest BCUT2D eigenvalue weighted by molar-refractivity contribution is -0.393. The largest absolute Gasteiger partial charge is 0.365 e. The fourth-order valence-corrected chi connectivity index (χ4v) is 2.89. The van der Waals surface area contributed by atoms with Crippen LogP contribution in [-0.4, -0.2) is 62.2 Å². The molecule has 0 unspecified atom stereocenters. The fraction of sp³-hybridized carbons (Fsp3) is 0.625. The zero-order chi connectivity index (χ0) is 18.8. The van der Waals surface area contributed by atoms with Gasteiger partial charge in [-0.05, 0) is 38.5 Å². The molecule has 1 fully saturated rings. The summed E-state index contributed by atoms with van der Waals surface area (Å²) in [5, 5.41) is 32.4. The Balaban J connectivity index is 2.14. The molecule has 3 N–H and O–H groups in total. The van der Waals surface area contributed by atoms with Gasteiger partial charge >= 0.3 is 0 Å². The first-order chi connectivity index (χ1) is 12.6. The van der Waals surface area contributed by atoms with Crippen LogP contribution in [0.15, 0.2) is 18.2 Å². The average Bonchev–Trinajstić information content (AvgIpc) is 2.63. The Morgan fingerprint density at radius 2 is 1.46 bits per heavy atom. The number of nitro benzene ring substituents is 2. The molecule has 1 aromatic carbocycles. The maximum atomic E-state index is 11.4. The van der Waals surface area contributed by atoms with Gasteiger partial charge in [-0.1, -0.05) is 0 Å². The van der Waals surface area contributed by atoms with Crippen LogP contribution in [0.3, 0.4) is 0 Å². The van der Waals surface area contributed by atoms with Crippen LogP contribution in [0.1, 0.15) is 12.8 Å². The Morgan fingerprint density at radius 3 is 2.12 bits per heavy atom. The predicted molar refractivity (Wildman–Crippen MR) is 99.8 cm³/mol. The van der Waals surface area contributed by atoms with Crippen molar-refractivity contribution < 1.29 is 9.85 Å². The quantitative estimate of drug-likeness (QED) is 0.531. The Labute approximate surface area is 152 Å². The Kier molecular flexibility index (Phi) is 8.19. The summed E-state index contributed by atoms with van der Waals surface area (Å²) in [4.78, 5) is 23.1. The number of anilines is 1. The van der Waals surface area contributed by atoms with Gasteiger partial charge in [-0.15, -0.1) is 0 Å². The van der Waals surface area contributed by atoms with Gasteiger partial charge < -0.3 is 20.9 Å². The van der Waals surface area contributed by atoms with E-state index in [0.29, 0.717) is 25.3 Å². The van der Waals surface area contributed by atoms with Crippen LogP contribution in [0.2, 0.25) is 0 Å². The van der Waals surface area contributed by atoms with Crippen molar-refractivity contribution >= 4 is 17.1 Å². The predicted octanol–water partition coefficient (Wildman–Crippen LogP) is 0.872. The molecule has 0 atom stereocenters. The molecule has 1 aromatic rings. The molecule has 1 heterocycles. The zero-order valence-electron chi connectivity index (χ0n) is 14.8. The molecule has 0 aliphatic carbocycles. The first-order valence-corrected chi connectivity index (χ1v) is 8.89. The molecule has 1 aliphatic rings. The van der Waals surface area contributed by atoms with Gasteiger partial charge in [0.25, 0.3) is 11.4 Å². The highest BCUT2D eigenvalue weighted by atomic mass is 16.6. The molecule has 0 amide bonds. The van der Waals surface area contributed by atoms with Crippen molar-refractivity contribution in [3.05, 3.63) is 38.4 Å². The van der Waals surface area contributed by atoms with Crippen LogP contribution >= 0.6 is 0 Å². The summed E-state index contributed by atoms with van der Waals surface area (Å²) in [7, 11) is 0. The van der Waals surface area contributed by atoms with Gasteiger partial charge in [0.2, 0.25) is 0 Å². The van der Waals surface area contributed by atoms with Gasteiger partial charge in [0.1, 0.15) is 5.69 Å². The SMILES string of the molecule is O=[N+]([O-])c1ccc(N2CCCNCCNCCCNCC2)c([N+](=O)[O-])c1. The summed E-state index contributed by atoms with van der Waals surface area (Å²) in [6.45, 7) is 6.37. The molecule has 2 rings (SSSR count). The Morgan fingerprint density at radius 1 is 0.808 bits per heavy atom. The molecule has 0 radical (unpaired) electrons. The van der Waals surface area contributed by atoms with Crippen LogP contribution in [0, 0.1) is 20.2 Å². The molecule has 144 valence electrons. The van der Waals surface area contributed by atoms with E-state index in [0.717, 1.165) is 51.6 Å². The van der Waals surface area contributed by atoms with E-state index in [1.807, 2.05) is 4.90 Å². The summed E-state index contributed by atoms with van der Waals surface area (Å²) in [6.07, 6.45) is 1.84. The maximum Gasteiger partial charge on any atom is 0.299 e.